The van der Waals surface area contributed by atoms with Crippen LogP contribution in [0.2, 0.25) is 0 Å². The minimum Gasteiger partial charge on any atom is -0.462 e. The van der Waals surface area contributed by atoms with Crippen molar-refractivity contribution in [3.05, 3.63) is 33.4 Å². The van der Waals surface area contributed by atoms with Crippen LogP contribution in [-0.2, 0) is 14.8 Å². The van der Waals surface area contributed by atoms with Crippen LogP contribution in [0.3, 0.4) is 0 Å². The molecule has 0 spiro atoms. The van der Waals surface area contributed by atoms with Gasteiger partial charge in [-0.1, -0.05) is 0 Å². The van der Waals surface area contributed by atoms with E-state index in [1.165, 1.54) is 6.92 Å². The first-order valence-electron chi connectivity index (χ1n) is 5.17. The van der Waals surface area contributed by atoms with Crippen molar-refractivity contribution in [1.82, 2.24) is 0 Å². The zero-order valence-electron chi connectivity index (χ0n) is 10.2. The first-order chi connectivity index (χ1) is 8.68. The van der Waals surface area contributed by atoms with Gasteiger partial charge < -0.3 is 4.74 Å². The summed E-state index contributed by atoms with van der Waals surface area (Å²) in [5.74, 6) is -0.839. The van der Waals surface area contributed by atoms with Crippen LogP contribution in [0.15, 0.2) is 17.0 Å². The van der Waals surface area contributed by atoms with E-state index in [9.17, 15) is 23.3 Å². The molecule has 0 unspecified atom stereocenters. The normalized spacial score (nSPS) is 11.1. The summed E-state index contributed by atoms with van der Waals surface area (Å²) in [6, 6.07) is 1.78. The SMILES string of the molecule is CCOC(=O)c1cc(S(N)(=O)=O)cc([N+](=O)[O-])c1C. The number of hydrogen-bond donors (Lipinski definition) is 1. The van der Waals surface area contributed by atoms with E-state index in [0.717, 1.165) is 12.1 Å². The van der Waals surface area contributed by atoms with Crippen LogP contribution in [0.1, 0.15) is 22.8 Å². The van der Waals surface area contributed by atoms with Crippen molar-refractivity contribution in [1.29, 1.82) is 0 Å². The molecule has 8 nitrogen and oxygen atoms in total. The fraction of sp³-hybridized carbons (Fsp3) is 0.300. The average molecular weight is 288 g/mol. The molecule has 0 fully saturated rings. The number of nitrogens with two attached hydrogens (primary N) is 1. The van der Waals surface area contributed by atoms with Crippen LogP contribution in [0, 0.1) is 17.0 Å². The van der Waals surface area contributed by atoms with E-state index in [2.05, 4.69) is 0 Å². The van der Waals surface area contributed by atoms with Crippen molar-refractivity contribution in [2.24, 2.45) is 5.14 Å². The predicted molar refractivity (Wildman–Crippen MR) is 65.2 cm³/mol. The second kappa shape index (κ2) is 5.33. The Labute approximate surface area is 109 Å². The van der Waals surface area contributed by atoms with Crippen LogP contribution < -0.4 is 5.14 Å². The molecule has 0 amide bonds. The topological polar surface area (TPSA) is 130 Å². The second-order valence-corrected chi connectivity index (χ2v) is 5.20. The van der Waals surface area contributed by atoms with E-state index in [1.54, 1.807) is 6.92 Å². The Balaban J connectivity index is 3.59. The Morgan fingerprint density at radius 1 is 1.47 bits per heavy atom. The molecule has 0 aliphatic heterocycles. The number of rotatable bonds is 4. The molecule has 0 atom stereocenters. The number of sulfonamides is 1. The minimum atomic E-state index is -4.16. The van der Waals surface area contributed by atoms with Crippen LogP contribution in [0.4, 0.5) is 5.69 Å². The summed E-state index contributed by atoms with van der Waals surface area (Å²) >= 11 is 0. The van der Waals surface area contributed by atoms with Gasteiger partial charge in [-0.25, -0.2) is 18.4 Å². The highest BCUT2D eigenvalue weighted by atomic mass is 32.2. The fourth-order valence-corrected chi connectivity index (χ4v) is 2.01. The third-order valence-electron chi connectivity index (χ3n) is 2.37. The van der Waals surface area contributed by atoms with Crippen LogP contribution in [0.25, 0.3) is 0 Å². The van der Waals surface area contributed by atoms with Crippen molar-refractivity contribution in [2.75, 3.05) is 6.61 Å². The Hall–Kier alpha value is -2.00. The number of hydrogen-bond acceptors (Lipinski definition) is 6. The molecule has 2 N–H and O–H groups in total. The van der Waals surface area contributed by atoms with Crippen LogP contribution >= 0.6 is 0 Å². The predicted octanol–water partition coefficient (Wildman–Crippen LogP) is 0.727. The number of benzene rings is 1. The van der Waals surface area contributed by atoms with Gasteiger partial charge in [-0.2, -0.15) is 0 Å². The molecular weight excluding hydrogens is 276 g/mol. The van der Waals surface area contributed by atoms with Gasteiger partial charge >= 0.3 is 5.97 Å². The highest BCUT2D eigenvalue weighted by Gasteiger charge is 2.24. The molecule has 0 heterocycles. The largest absolute Gasteiger partial charge is 0.462 e. The number of carbonyl (C=O) groups is 1. The van der Waals surface area contributed by atoms with Gasteiger partial charge in [0, 0.05) is 11.6 Å². The molecule has 1 aromatic rings. The zero-order valence-corrected chi connectivity index (χ0v) is 11.1. The Bertz CT molecular complexity index is 638. The van der Waals surface area contributed by atoms with E-state index >= 15 is 0 Å². The van der Waals surface area contributed by atoms with E-state index in [0.29, 0.717) is 0 Å². The number of esters is 1. The van der Waals surface area contributed by atoms with E-state index in [1.807, 2.05) is 0 Å². The lowest BCUT2D eigenvalue weighted by Crippen LogP contribution is -2.15. The summed E-state index contributed by atoms with van der Waals surface area (Å²) < 4.78 is 27.2. The average Bonchev–Trinajstić information content (AvgIpc) is 2.27. The van der Waals surface area contributed by atoms with Gasteiger partial charge in [0.15, 0.2) is 0 Å². The molecule has 0 saturated heterocycles. The van der Waals surface area contributed by atoms with E-state index < -0.39 is 31.5 Å². The Morgan fingerprint density at radius 2 is 2.05 bits per heavy atom. The number of carbonyl (C=O) groups excluding carboxylic acids is 1. The third kappa shape index (κ3) is 3.26. The van der Waals surface area contributed by atoms with Crippen LogP contribution in [-0.4, -0.2) is 25.9 Å². The van der Waals surface area contributed by atoms with Crippen molar-refractivity contribution < 1.29 is 22.9 Å². The van der Waals surface area contributed by atoms with Gasteiger partial charge in [0.25, 0.3) is 5.69 Å². The lowest BCUT2D eigenvalue weighted by Gasteiger charge is -2.08. The molecule has 0 aliphatic carbocycles. The first kappa shape index (κ1) is 15.1. The van der Waals surface area contributed by atoms with Gasteiger partial charge in [-0.05, 0) is 19.9 Å². The first-order valence-corrected chi connectivity index (χ1v) is 6.72. The minimum absolute atomic E-state index is 0.0239. The summed E-state index contributed by atoms with van der Waals surface area (Å²) in [6.07, 6.45) is 0. The fourth-order valence-electron chi connectivity index (χ4n) is 1.45. The van der Waals surface area contributed by atoms with Gasteiger partial charge in [0.05, 0.1) is 22.0 Å². The molecule has 1 rings (SSSR count). The third-order valence-corrected chi connectivity index (χ3v) is 3.27. The number of nitro groups is 1. The van der Waals surface area contributed by atoms with Gasteiger partial charge in [0.2, 0.25) is 10.0 Å². The highest BCUT2D eigenvalue weighted by Crippen LogP contribution is 2.26. The van der Waals surface area contributed by atoms with Crippen molar-refractivity contribution in [3.8, 4) is 0 Å². The number of ether oxygens (including phenoxy) is 1. The van der Waals surface area contributed by atoms with Crippen LogP contribution in [0.5, 0.6) is 0 Å². The molecular formula is C10H12N2O6S. The number of nitro benzene ring substituents is 1. The van der Waals surface area contributed by atoms with Crippen molar-refractivity contribution >= 4 is 21.7 Å². The number of primary sulfonamides is 1. The molecule has 0 bridgehead atoms. The highest BCUT2D eigenvalue weighted by molar-refractivity contribution is 7.89. The van der Waals surface area contributed by atoms with E-state index in [4.69, 9.17) is 9.88 Å². The maximum Gasteiger partial charge on any atom is 0.338 e. The smallest absolute Gasteiger partial charge is 0.338 e. The maximum atomic E-state index is 11.6. The van der Waals surface area contributed by atoms with Gasteiger partial charge in [-0.15, -0.1) is 0 Å². The van der Waals surface area contributed by atoms with Crippen molar-refractivity contribution in [3.63, 3.8) is 0 Å². The zero-order chi connectivity index (χ0) is 14.8. The van der Waals surface area contributed by atoms with Crippen molar-refractivity contribution in [2.45, 2.75) is 18.7 Å². The molecule has 104 valence electrons. The quantitative estimate of drug-likeness (QED) is 0.493. The monoisotopic (exact) mass is 288 g/mol. The number of nitrogens with zero attached hydrogens (tertiary/aromatic N) is 1. The molecule has 0 radical (unpaired) electrons. The van der Waals surface area contributed by atoms with E-state index in [-0.39, 0.29) is 17.7 Å². The molecule has 0 aliphatic rings. The standard InChI is InChI=1S/C10H12N2O6S/c1-3-18-10(13)8-4-7(19(11,16)17)5-9(6(8)2)12(14)15/h4-5H,3H2,1-2H3,(H2,11,16,17). The molecule has 9 heteroatoms. The lowest BCUT2D eigenvalue weighted by atomic mass is 10.1. The maximum absolute atomic E-state index is 11.6. The summed E-state index contributed by atoms with van der Waals surface area (Å²) in [4.78, 5) is 21.2. The molecule has 0 saturated carbocycles. The molecule has 19 heavy (non-hydrogen) atoms. The lowest BCUT2D eigenvalue weighted by molar-refractivity contribution is -0.385. The molecule has 0 aromatic heterocycles. The van der Waals surface area contributed by atoms with Gasteiger partial charge in [-0.3, -0.25) is 10.1 Å². The summed E-state index contributed by atoms with van der Waals surface area (Å²) in [5.41, 5.74) is -0.675. The summed E-state index contributed by atoms with van der Waals surface area (Å²) in [6.45, 7) is 2.95. The second-order valence-electron chi connectivity index (χ2n) is 3.64. The summed E-state index contributed by atoms with van der Waals surface area (Å²) in [7, 11) is -4.16. The molecule has 1 aromatic carbocycles. The Morgan fingerprint density at radius 3 is 2.47 bits per heavy atom. The summed E-state index contributed by atoms with van der Waals surface area (Å²) in [5, 5.41) is 15.8. The van der Waals surface area contributed by atoms with Gasteiger partial charge in [0.1, 0.15) is 0 Å². The Kier molecular flexibility index (Phi) is 4.22.